The fraction of sp³-hybridized carbons (Fsp3) is 0. The number of fused-ring (bicyclic) bond motifs is 1. The van der Waals surface area contributed by atoms with Crippen molar-refractivity contribution in [2.24, 2.45) is 0 Å². The molecule has 0 radical (unpaired) electrons. The summed E-state index contributed by atoms with van der Waals surface area (Å²) in [5, 5.41) is 4.09. The van der Waals surface area contributed by atoms with Crippen LogP contribution >= 0.6 is 31.9 Å². The van der Waals surface area contributed by atoms with Crippen LogP contribution < -0.4 is 0 Å². The lowest BCUT2D eigenvalue weighted by Gasteiger charge is -1.95. The van der Waals surface area contributed by atoms with Crippen molar-refractivity contribution in [3.63, 3.8) is 0 Å². The Hall–Kier alpha value is -0.420. The summed E-state index contributed by atoms with van der Waals surface area (Å²) in [6, 6.07) is 3.86. The lowest BCUT2D eigenvalue weighted by Crippen LogP contribution is -1.93. The van der Waals surface area contributed by atoms with E-state index in [0.717, 1.165) is 10.1 Å². The summed E-state index contributed by atoms with van der Waals surface area (Å²) in [7, 11) is 0. The molecular formula is C6H3Br2N3. The first-order valence-electron chi connectivity index (χ1n) is 2.94. The molecule has 56 valence electrons. The highest BCUT2D eigenvalue weighted by molar-refractivity contribution is 9.11. The quantitative estimate of drug-likeness (QED) is 0.739. The van der Waals surface area contributed by atoms with Gasteiger partial charge in [-0.1, -0.05) is 0 Å². The summed E-state index contributed by atoms with van der Waals surface area (Å²) >= 11 is 6.52. The Morgan fingerprint density at radius 3 is 3.00 bits per heavy atom. The molecule has 0 unspecified atom stereocenters. The van der Waals surface area contributed by atoms with Gasteiger partial charge in [-0.25, -0.2) is 9.50 Å². The maximum Gasteiger partial charge on any atom is 0.217 e. The molecule has 2 heterocycles. The Balaban J connectivity index is 2.91. The molecular weight excluding hydrogens is 274 g/mol. The van der Waals surface area contributed by atoms with Crippen LogP contribution in [-0.2, 0) is 0 Å². The number of halogens is 2. The minimum Gasteiger partial charge on any atom is -0.236 e. The van der Waals surface area contributed by atoms with E-state index in [2.05, 4.69) is 41.9 Å². The van der Waals surface area contributed by atoms with Crippen molar-refractivity contribution >= 4 is 37.4 Å². The first kappa shape index (κ1) is 7.24. The van der Waals surface area contributed by atoms with Crippen molar-refractivity contribution in [3.05, 3.63) is 27.7 Å². The molecule has 2 rings (SSSR count). The van der Waals surface area contributed by atoms with E-state index in [-0.39, 0.29) is 0 Å². The first-order valence-corrected chi connectivity index (χ1v) is 4.52. The van der Waals surface area contributed by atoms with Gasteiger partial charge in [-0.15, -0.1) is 5.10 Å². The van der Waals surface area contributed by atoms with E-state index in [1.165, 1.54) is 0 Å². The maximum atomic E-state index is 4.09. The van der Waals surface area contributed by atoms with Gasteiger partial charge in [-0.2, -0.15) is 0 Å². The van der Waals surface area contributed by atoms with E-state index in [0.29, 0.717) is 4.73 Å². The van der Waals surface area contributed by atoms with E-state index in [1.54, 1.807) is 4.52 Å². The Bertz CT molecular complexity index is 396. The standard InChI is InChI=1S/C6H3Br2N3/c7-5-4-2-1-3-11(4)10-6(8)9-5/h1-3H. The van der Waals surface area contributed by atoms with Gasteiger partial charge in [0.1, 0.15) is 4.60 Å². The highest BCUT2D eigenvalue weighted by atomic mass is 79.9. The van der Waals surface area contributed by atoms with Crippen molar-refractivity contribution in [1.82, 2.24) is 14.6 Å². The Kier molecular flexibility index (Phi) is 1.69. The van der Waals surface area contributed by atoms with E-state index in [1.807, 2.05) is 18.3 Å². The number of aromatic nitrogens is 3. The van der Waals surface area contributed by atoms with Crippen LogP contribution in [0.15, 0.2) is 27.7 Å². The third-order valence-corrected chi connectivity index (χ3v) is 2.24. The highest BCUT2D eigenvalue weighted by Gasteiger charge is 2.01. The van der Waals surface area contributed by atoms with Crippen molar-refractivity contribution < 1.29 is 0 Å². The van der Waals surface area contributed by atoms with Crippen LogP contribution in [0.25, 0.3) is 5.52 Å². The van der Waals surface area contributed by atoms with Crippen LogP contribution in [0.3, 0.4) is 0 Å². The van der Waals surface area contributed by atoms with E-state index >= 15 is 0 Å². The second-order valence-electron chi connectivity index (χ2n) is 2.01. The monoisotopic (exact) mass is 275 g/mol. The highest BCUT2D eigenvalue weighted by Crippen LogP contribution is 2.16. The zero-order valence-corrected chi connectivity index (χ0v) is 8.50. The average molecular weight is 277 g/mol. The molecule has 0 aliphatic heterocycles. The number of hydrogen-bond acceptors (Lipinski definition) is 2. The van der Waals surface area contributed by atoms with Crippen molar-refractivity contribution in [1.29, 1.82) is 0 Å². The Morgan fingerprint density at radius 2 is 2.18 bits per heavy atom. The molecule has 0 spiro atoms. The van der Waals surface area contributed by atoms with Gasteiger partial charge >= 0.3 is 0 Å². The molecule has 0 amide bonds. The fourth-order valence-electron chi connectivity index (χ4n) is 0.872. The number of hydrogen-bond donors (Lipinski definition) is 0. The van der Waals surface area contributed by atoms with E-state index in [9.17, 15) is 0 Å². The molecule has 0 saturated carbocycles. The second kappa shape index (κ2) is 2.57. The van der Waals surface area contributed by atoms with Crippen LogP contribution in [0.4, 0.5) is 0 Å². The smallest absolute Gasteiger partial charge is 0.217 e. The van der Waals surface area contributed by atoms with Gasteiger partial charge in [0.25, 0.3) is 0 Å². The molecule has 0 bridgehead atoms. The molecule has 0 aliphatic carbocycles. The summed E-state index contributed by atoms with van der Waals surface area (Å²) in [5.41, 5.74) is 0.966. The van der Waals surface area contributed by atoms with Gasteiger partial charge < -0.3 is 0 Å². The van der Waals surface area contributed by atoms with Gasteiger partial charge in [0.15, 0.2) is 0 Å². The molecule has 0 atom stereocenters. The predicted octanol–water partition coefficient (Wildman–Crippen LogP) is 2.25. The third kappa shape index (κ3) is 1.18. The molecule has 2 aromatic rings. The van der Waals surface area contributed by atoms with Gasteiger partial charge in [-0.05, 0) is 44.0 Å². The lowest BCUT2D eigenvalue weighted by atomic mass is 10.5. The molecule has 11 heavy (non-hydrogen) atoms. The van der Waals surface area contributed by atoms with Crippen LogP contribution in [0.2, 0.25) is 0 Å². The van der Waals surface area contributed by atoms with Gasteiger partial charge in [-0.3, -0.25) is 0 Å². The molecule has 0 aliphatic rings. The summed E-state index contributed by atoms with van der Waals surface area (Å²) in [6.07, 6.45) is 1.87. The predicted molar refractivity (Wildman–Crippen MR) is 48.4 cm³/mol. The molecule has 0 N–H and O–H groups in total. The zero-order chi connectivity index (χ0) is 7.84. The number of nitrogens with zero attached hydrogens (tertiary/aromatic N) is 3. The normalized spacial score (nSPS) is 10.7. The molecule has 0 aromatic carbocycles. The molecule has 3 nitrogen and oxygen atoms in total. The van der Waals surface area contributed by atoms with E-state index < -0.39 is 0 Å². The second-order valence-corrected chi connectivity index (χ2v) is 3.47. The largest absolute Gasteiger partial charge is 0.236 e. The van der Waals surface area contributed by atoms with Gasteiger partial charge in [0.05, 0.1) is 5.52 Å². The van der Waals surface area contributed by atoms with Crippen LogP contribution in [0.5, 0.6) is 0 Å². The number of rotatable bonds is 0. The average Bonchev–Trinajstić information content (AvgIpc) is 2.34. The van der Waals surface area contributed by atoms with E-state index in [4.69, 9.17) is 0 Å². The van der Waals surface area contributed by atoms with Crippen molar-refractivity contribution in [2.45, 2.75) is 0 Å². The Labute approximate surface area is 79.7 Å². The summed E-state index contributed by atoms with van der Waals surface area (Å²) in [4.78, 5) is 4.08. The van der Waals surface area contributed by atoms with Crippen molar-refractivity contribution in [3.8, 4) is 0 Å². The molecule has 0 fully saturated rings. The van der Waals surface area contributed by atoms with Crippen LogP contribution in [-0.4, -0.2) is 14.6 Å². The summed E-state index contributed by atoms with van der Waals surface area (Å²) in [5.74, 6) is 0. The minimum atomic E-state index is 0.577. The maximum absolute atomic E-state index is 4.09. The molecule has 5 heteroatoms. The van der Waals surface area contributed by atoms with Crippen LogP contribution in [0, 0.1) is 0 Å². The third-order valence-electron chi connectivity index (χ3n) is 1.32. The Morgan fingerprint density at radius 1 is 1.36 bits per heavy atom. The SMILES string of the molecule is Brc1nc(Br)c2cccn2n1. The molecule has 2 aromatic heterocycles. The molecule has 0 saturated heterocycles. The lowest BCUT2D eigenvalue weighted by molar-refractivity contribution is 0.867. The topological polar surface area (TPSA) is 30.2 Å². The summed E-state index contributed by atoms with van der Waals surface area (Å²) < 4.78 is 3.12. The summed E-state index contributed by atoms with van der Waals surface area (Å²) in [6.45, 7) is 0. The van der Waals surface area contributed by atoms with Gasteiger partial charge in [0.2, 0.25) is 4.73 Å². The van der Waals surface area contributed by atoms with Gasteiger partial charge in [0, 0.05) is 6.20 Å². The first-order chi connectivity index (χ1) is 5.27. The van der Waals surface area contributed by atoms with Crippen molar-refractivity contribution in [2.75, 3.05) is 0 Å². The minimum absolute atomic E-state index is 0.577. The van der Waals surface area contributed by atoms with Crippen LogP contribution in [0.1, 0.15) is 0 Å². The zero-order valence-electron chi connectivity index (χ0n) is 5.33. The fourth-order valence-corrected chi connectivity index (χ4v) is 1.94.